The Balaban J connectivity index is 5.51. The molecule has 0 aromatic heterocycles. The predicted molar refractivity (Wildman–Crippen MR) is 153 cm³/mol. The summed E-state index contributed by atoms with van der Waals surface area (Å²) >= 11 is 4.05. The first-order valence-electron chi connectivity index (χ1n) is 13.3. The Kier molecular flexibility index (Phi) is 18.2. The lowest BCUT2D eigenvalue weighted by Crippen LogP contribution is -2.61. The second-order valence-electron chi connectivity index (χ2n) is 9.73. The monoisotopic (exact) mass is 620 g/mol. The van der Waals surface area contributed by atoms with Crippen molar-refractivity contribution >= 4 is 54.4 Å². The molecule has 0 aliphatic heterocycles. The van der Waals surface area contributed by atoms with Gasteiger partial charge in [0.25, 0.3) is 0 Å². The lowest BCUT2D eigenvalue weighted by molar-refractivity contribution is -0.137. The second-order valence-corrected chi connectivity index (χ2v) is 10.1. The molecule has 0 unspecified atom stereocenters. The normalized spacial score (nSPS) is 16.7. The molecule has 17 nitrogen and oxygen atoms in total. The van der Waals surface area contributed by atoms with E-state index in [0.29, 0.717) is 32.1 Å². The molecule has 6 amide bonds. The molecule has 0 aliphatic carbocycles. The zero-order valence-corrected chi connectivity index (χ0v) is 24.8. The number of nitrogens with one attached hydrogen (secondary N) is 5. The molecule has 0 aromatic rings. The fraction of sp³-hybridized carbons (Fsp3) is 0.708. The zero-order chi connectivity index (χ0) is 32.6. The minimum Gasteiger partial charge on any atom is -0.391 e. The van der Waals surface area contributed by atoms with Crippen LogP contribution in [0.3, 0.4) is 0 Å². The van der Waals surface area contributed by atoms with Crippen LogP contribution in [0.15, 0.2) is 0 Å². The molecule has 13 N–H and O–H groups in total. The first-order chi connectivity index (χ1) is 19.6. The number of carbonyl (C=O) groups excluding carboxylic acids is 7. The van der Waals surface area contributed by atoms with Gasteiger partial charge in [0.1, 0.15) is 36.5 Å². The van der Waals surface area contributed by atoms with Crippen LogP contribution in [0.1, 0.15) is 46.5 Å². The second kappa shape index (κ2) is 19.7. The van der Waals surface area contributed by atoms with Gasteiger partial charge in [0.2, 0.25) is 35.4 Å². The number of hydrogen-bond donors (Lipinski definition) is 11. The number of unbranched alkanes of at least 4 members (excludes halogenated alkanes) is 1. The van der Waals surface area contributed by atoms with Crippen LogP contribution < -0.4 is 43.8 Å². The van der Waals surface area contributed by atoms with Crippen LogP contribution in [-0.2, 0) is 33.6 Å². The van der Waals surface area contributed by atoms with E-state index in [4.69, 9.17) is 17.2 Å². The van der Waals surface area contributed by atoms with Gasteiger partial charge >= 0.3 is 0 Å². The quantitative estimate of drug-likeness (QED) is 0.0347. The van der Waals surface area contributed by atoms with Crippen molar-refractivity contribution in [2.24, 2.45) is 17.2 Å². The van der Waals surface area contributed by atoms with Crippen LogP contribution in [0.5, 0.6) is 0 Å². The lowest BCUT2D eigenvalue weighted by atomic mass is 10.1. The number of hydrogen-bond acceptors (Lipinski definition) is 12. The number of thiol groups is 1. The summed E-state index contributed by atoms with van der Waals surface area (Å²) < 4.78 is 0. The van der Waals surface area contributed by atoms with E-state index in [0.717, 1.165) is 6.92 Å². The van der Waals surface area contributed by atoms with Gasteiger partial charge in [-0.25, -0.2) is 0 Å². The van der Waals surface area contributed by atoms with Gasteiger partial charge in [0, 0.05) is 5.75 Å². The topological polar surface area (TPSA) is 298 Å². The maximum absolute atomic E-state index is 13.0. The maximum atomic E-state index is 13.0. The van der Waals surface area contributed by atoms with Crippen molar-refractivity contribution in [2.45, 2.75) is 94.9 Å². The van der Waals surface area contributed by atoms with E-state index in [1.807, 2.05) is 0 Å². The highest BCUT2D eigenvalue weighted by atomic mass is 32.1. The Labute approximate surface area is 249 Å². The van der Waals surface area contributed by atoms with Gasteiger partial charge in [-0.15, -0.1) is 0 Å². The average Bonchev–Trinajstić information content (AvgIpc) is 2.91. The van der Waals surface area contributed by atoms with E-state index >= 15 is 0 Å². The van der Waals surface area contributed by atoms with Gasteiger partial charge in [-0.05, 0) is 40.2 Å². The number of carbonyl (C=O) groups is 7. The largest absolute Gasteiger partial charge is 0.391 e. The van der Waals surface area contributed by atoms with E-state index < -0.39 is 90.3 Å². The first kappa shape index (κ1) is 38.7. The average molecular weight is 621 g/mol. The Morgan fingerprint density at radius 2 is 1.36 bits per heavy atom. The molecule has 0 saturated heterocycles. The number of primary amides is 1. The number of nitrogens with two attached hydrogens (primary N) is 3. The maximum Gasteiger partial charge on any atom is 0.245 e. The smallest absolute Gasteiger partial charge is 0.245 e. The Morgan fingerprint density at radius 1 is 0.786 bits per heavy atom. The molecular formula is C24H44N8O9S. The van der Waals surface area contributed by atoms with Crippen molar-refractivity contribution in [3.8, 4) is 0 Å². The van der Waals surface area contributed by atoms with Gasteiger partial charge in [0.05, 0.1) is 24.7 Å². The molecule has 0 aromatic carbocycles. The number of amides is 6. The summed E-state index contributed by atoms with van der Waals surface area (Å²) in [5.74, 6) is -5.68. The molecule has 42 heavy (non-hydrogen) atoms. The highest BCUT2D eigenvalue weighted by molar-refractivity contribution is 7.80. The molecular weight excluding hydrogens is 576 g/mol. The highest BCUT2D eigenvalue weighted by Gasteiger charge is 2.33. The molecule has 18 heteroatoms. The lowest BCUT2D eigenvalue weighted by Gasteiger charge is -2.27. The molecule has 0 spiro atoms. The fourth-order valence-electron chi connectivity index (χ4n) is 3.38. The summed E-state index contributed by atoms with van der Waals surface area (Å²) in [6, 6.07) is -7.97. The molecule has 0 aliphatic rings. The van der Waals surface area contributed by atoms with Crippen LogP contribution in [-0.4, -0.2) is 113 Å². The zero-order valence-electron chi connectivity index (χ0n) is 23.9. The van der Waals surface area contributed by atoms with Crippen molar-refractivity contribution in [2.75, 3.05) is 12.3 Å². The highest BCUT2D eigenvalue weighted by Crippen LogP contribution is 2.03. The van der Waals surface area contributed by atoms with Crippen molar-refractivity contribution in [1.29, 1.82) is 0 Å². The molecule has 8 atom stereocenters. The molecule has 0 saturated carbocycles. The number of rotatable bonds is 20. The SMILES string of the molecule is C[C@H](NC(=O)[C@@H](NC(=O)[C@H](CC(N)=O)NC(=O)[C@H](CS)NC(=O)[C@@H](N)CCCCN)[C@@H](C)O)C(=O)N[C@H](C=O)[C@@H](C)O. The number of aliphatic hydroxyl groups excluding tert-OH is 2. The van der Waals surface area contributed by atoms with E-state index in [2.05, 4.69) is 39.2 Å². The summed E-state index contributed by atoms with van der Waals surface area (Å²) in [7, 11) is 0. The van der Waals surface area contributed by atoms with Crippen LogP contribution in [0.4, 0.5) is 0 Å². The van der Waals surface area contributed by atoms with E-state index in [1.165, 1.54) is 13.8 Å². The summed E-state index contributed by atoms with van der Waals surface area (Å²) in [4.78, 5) is 85.9. The summed E-state index contributed by atoms with van der Waals surface area (Å²) in [6.45, 7) is 4.12. The summed E-state index contributed by atoms with van der Waals surface area (Å²) in [5, 5.41) is 31.0. The summed E-state index contributed by atoms with van der Waals surface area (Å²) in [6.07, 6.45) is -1.55. The van der Waals surface area contributed by atoms with Gasteiger partial charge in [-0.1, -0.05) is 6.42 Å². The van der Waals surface area contributed by atoms with E-state index in [-0.39, 0.29) is 5.75 Å². The molecule has 0 radical (unpaired) electrons. The van der Waals surface area contributed by atoms with Gasteiger partial charge < -0.3 is 58.8 Å². The Morgan fingerprint density at radius 3 is 1.83 bits per heavy atom. The first-order valence-corrected chi connectivity index (χ1v) is 13.9. The van der Waals surface area contributed by atoms with Gasteiger partial charge in [-0.2, -0.15) is 12.6 Å². The molecule has 0 fully saturated rings. The molecule has 240 valence electrons. The van der Waals surface area contributed by atoms with Crippen molar-refractivity contribution < 1.29 is 43.8 Å². The third-order valence-electron chi connectivity index (χ3n) is 5.95. The van der Waals surface area contributed by atoms with E-state index in [9.17, 15) is 43.8 Å². The minimum atomic E-state index is -1.66. The third-order valence-corrected chi connectivity index (χ3v) is 6.31. The van der Waals surface area contributed by atoms with E-state index in [1.54, 1.807) is 0 Å². The van der Waals surface area contributed by atoms with Crippen LogP contribution >= 0.6 is 12.6 Å². The van der Waals surface area contributed by atoms with Crippen molar-refractivity contribution in [3.63, 3.8) is 0 Å². The van der Waals surface area contributed by atoms with Crippen LogP contribution in [0.25, 0.3) is 0 Å². The minimum absolute atomic E-state index is 0.198. The molecule has 0 bridgehead atoms. The molecule has 0 heterocycles. The standard InChI is InChI=1S/C24H44N8O9S/c1-11(20(37)30-16(9-33)12(2)34)28-24(41)19(13(3)35)32-22(39)15(8-18(27)36)29-23(40)17(10-42)31-21(38)14(26)6-4-5-7-25/h9,11-17,19,34-35,42H,4-8,10,25-26H2,1-3H3,(H2,27,36)(H,28,41)(H,29,40)(H,30,37)(H,31,38)(H,32,39)/t11-,12+,13+,14-,15-,16+,17-,19-/m0/s1. The van der Waals surface area contributed by atoms with Crippen LogP contribution in [0, 0.1) is 0 Å². The van der Waals surface area contributed by atoms with Gasteiger partial charge in [-0.3, -0.25) is 28.8 Å². The summed E-state index contributed by atoms with van der Waals surface area (Å²) in [5.41, 5.74) is 16.5. The predicted octanol–water partition coefficient (Wildman–Crippen LogP) is -5.35. The third kappa shape index (κ3) is 14.0. The van der Waals surface area contributed by atoms with Crippen molar-refractivity contribution in [3.05, 3.63) is 0 Å². The number of aliphatic hydroxyl groups is 2. The van der Waals surface area contributed by atoms with Crippen LogP contribution in [0.2, 0.25) is 0 Å². The Hall–Kier alpha value is -3.32. The fourth-order valence-corrected chi connectivity index (χ4v) is 3.64. The number of aldehydes is 1. The van der Waals surface area contributed by atoms with Gasteiger partial charge in [0.15, 0.2) is 0 Å². The molecule has 0 rings (SSSR count). The van der Waals surface area contributed by atoms with Crippen molar-refractivity contribution in [1.82, 2.24) is 26.6 Å². The Bertz CT molecular complexity index is 953.